The van der Waals surface area contributed by atoms with Crippen LogP contribution in [0.4, 0.5) is 0 Å². The second kappa shape index (κ2) is 8.37. The van der Waals surface area contributed by atoms with Gasteiger partial charge in [-0.25, -0.2) is 0 Å². The average Bonchev–Trinajstić information content (AvgIpc) is 2.91. The Hall–Kier alpha value is -2.04. The van der Waals surface area contributed by atoms with Crippen LogP contribution < -0.4 is 14.8 Å². The average molecular weight is 340 g/mol. The van der Waals surface area contributed by atoms with Gasteiger partial charge in [-0.15, -0.1) is 0 Å². The Morgan fingerprint density at radius 1 is 0.960 bits per heavy atom. The molecule has 1 saturated heterocycles. The maximum absolute atomic E-state index is 5.72. The van der Waals surface area contributed by atoms with Crippen LogP contribution in [0.2, 0.25) is 0 Å². The van der Waals surface area contributed by atoms with E-state index in [1.165, 1.54) is 11.1 Å². The van der Waals surface area contributed by atoms with Gasteiger partial charge in [-0.3, -0.25) is 4.90 Å². The monoisotopic (exact) mass is 340 g/mol. The summed E-state index contributed by atoms with van der Waals surface area (Å²) in [6, 6.07) is 14.9. The lowest BCUT2D eigenvalue weighted by Gasteiger charge is -2.33. The second-order valence-corrected chi connectivity index (χ2v) is 6.53. The number of methoxy groups -OCH3 is 2. The first-order valence-electron chi connectivity index (χ1n) is 8.97. The third-order valence-corrected chi connectivity index (χ3v) is 4.84. The minimum Gasteiger partial charge on any atom is -0.496 e. The predicted octanol–water partition coefficient (Wildman–Crippen LogP) is 3.40. The molecule has 1 unspecified atom stereocenters. The zero-order valence-corrected chi connectivity index (χ0v) is 15.4. The van der Waals surface area contributed by atoms with Gasteiger partial charge in [-0.2, -0.15) is 0 Å². The van der Waals surface area contributed by atoms with E-state index in [0.717, 1.165) is 49.7 Å². The first-order chi connectivity index (χ1) is 12.2. The molecular weight excluding hydrogens is 312 g/mol. The SMILES string of the molecule is COc1cccc(OC)c1C(c1cccc(C)c1)N1CCCNCC1. The number of benzene rings is 2. The number of aryl methyl sites for hydroxylation is 1. The van der Waals surface area contributed by atoms with E-state index < -0.39 is 0 Å². The van der Waals surface area contributed by atoms with Gasteiger partial charge >= 0.3 is 0 Å². The van der Waals surface area contributed by atoms with Gasteiger partial charge in [0.05, 0.1) is 25.8 Å². The predicted molar refractivity (Wildman–Crippen MR) is 102 cm³/mol. The Labute approximate surface area is 150 Å². The zero-order valence-electron chi connectivity index (χ0n) is 15.4. The number of ether oxygens (including phenoxy) is 2. The smallest absolute Gasteiger partial charge is 0.127 e. The highest BCUT2D eigenvalue weighted by atomic mass is 16.5. The van der Waals surface area contributed by atoms with Crippen molar-refractivity contribution in [1.82, 2.24) is 10.2 Å². The van der Waals surface area contributed by atoms with E-state index in [1.54, 1.807) is 14.2 Å². The van der Waals surface area contributed by atoms with Gasteiger partial charge in [0.1, 0.15) is 11.5 Å². The molecule has 1 fully saturated rings. The third kappa shape index (κ3) is 3.97. The van der Waals surface area contributed by atoms with Crippen molar-refractivity contribution in [2.45, 2.75) is 19.4 Å². The van der Waals surface area contributed by atoms with Crippen LogP contribution in [0.3, 0.4) is 0 Å². The summed E-state index contributed by atoms with van der Waals surface area (Å²) in [7, 11) is 3.46. The first-order valence-corrected chi connectivity index (χ1v) is 8.97. The van der Waals surface area contributed by atoms with E-state index in [4.69, 9.17) is 9.47 Å². The lowest BCUT2D eigenvalue weighted by atomic mass is 9.94. The van der Waals surface area contributed by atoms with Gasteiger partial charge in [0.15, 0.2) is 0 Å². The van der Waals surface area contributed by atoms with Gasteiger partial charge in [0.2, 0.25) is 0 Å². The Morgan fingerprint density at radius 2 is 1.68 bits per heavy atom. The van der Waals surface area contributed by atoms with Crippen LogP contribution >= 0.6 is 0 Å². The van der Waals surface area contributed by atoms with Crippen LogP contribution in [0.15, 0.2) is 42.5 Å². The molecule has 0 saturated carbocycles. The summed E-state index contributed by atoms with van der Waals surface area (Å²) >= 11 is 0. The summed E-state index contributed by atoms with van der Waals surface area (Å²) in [6.45, 7) is 6.26. The Balaban J connectivity index is 2.14. The number of hydrogen-bond acceptors (Lipinski definition) is 4. The maximum atomic E-state index is 5.72. The quantitative estimate of drug-likeness (QED) is 0.904. The van der Waals surface area contributed by atoms with E-state index in [0.29, 0.717) is 0 Å². The van der Waals surface area contributed by atoms with Crippen LogP contribution in [0.25, 0.3) is 0 Å². The van der Waals surface area contributed by atoms with Crippen molar-refractivity contribution in [3.8, 4) is 11.5 Å². The number of rotatable bonds is 5. The van der Waals surface area contributed by atoms with Crippen LogP contribution in [0.1, 0.15) is 29.2 Å². The van der Waals surface area contributed by atoms with Crippen molar-refractivity contribution in [2.75, 3.05) is 40.4 Å². The molecule has 0 spiro atoms. The molecule has 0 amide bonds. The standard InChI is InChI=1S/C21H28N2O2/c1-16-7-4-8-17(15-16)21(23-13-6-11-22-12-14-23)20-18(24-2)9-5-10-19(20)25-3/h4-5,7-10,15,21-22H,6,11-14H2,1-3H3. The van der Waals surface area contributed by atoms with Gasteiger partial charge in [-0.1, -0.05) is 35.9 Å². The van der Waals surface area contributed by atoms with Crippen molar-refractivity contribution >= 4 is 0 Å². The van der Waals surface area contributed by atoms with Crippen molar-refractivity contribution in [1.29, 1.82) is 0 Å². The number of hydrogen-bond donors (Lipinski definition) is 1. The fourth-order valence-corrected chi connectivity index (χ4v) is 3.67. The van der Waals surface area contributed by atoms with E-state index in [2.05, 4.69) is 41.4 Å². The van der Waals surface area contributed by atoms with E-state index >= 15 is 0 Å². The van der Waals surface area contributed by atoms with Gasteiger partial charge in [0, 0.05) is 19.6 Å². The number of nitrogens with zero attached hydrogens (tertiary/aromatic N) is 1. The minimum absolute atomic E-state index is 0.117. The molecule has 25 heavy (non-hydrogen) atoms. The molecule has 2 aromatic carbocycles. The summed E-state index contributed by atoms with van der Waals surface area (Å²) in [5, 5.41) is 3.50. The summed E-state index contributed by atoms with van der Waals surface area (Å²) in [4.78, 5) is 2.54. The highest BCUT2D eigenvalue weighted by Crippen LogP contribution is 2.41. The van der Waals surface area contributed by atoms with E-state index in [9.17, 15) is 0 Å². The molecule has 0 bridgehead atoms. The minimum atomic E-state index is 0.117. The van der Waals surface area contributed by atoms with Crippen LogP contribution in [-0.2, 0) is 0 Å². The summed E-state index contributed by atoms with van der Waals surface area (Å²) in [5.74, 6) is 1.76. The second-order valence-electron chi connectivity index (χ2n) is 6.53. The molecule has 0 aromatic heterocycles. The highest BCUT2D eigenvalue weighted by Gasteiger charge is 2.29. The molecule has 0 aliphatic carbocycles. The molecule has 134 valence electrons. The topological polar surface area (TPSA) is 33.7 Å². The van der Waals surface area contributed by atoms with E-state index in [1.807, 2.05) is 18.2 Å². The van der Waals surface area contributed by atoms with Gasteiger partial charge in [0.25, 0.3) is 0 Å². The molecule has 1 N–H and O–H groups in total. The van der Waals surface area contributed by atoms with Gasteiger partial charge < -0.3 is 14.8 Å². The lowest BCUT2D eigenvalue weighted by molar-refractivity contribution is 0.231. The Morgan fingerprint density at radius 3 is 2.36 bits per heavy atom. The summed E-state index contributed by atoms with van der Waals surface area (Å²) in [6.07, 6.45) is 1.14. The van der Waals surface area contributed by atoms with Crippen molar-refractivity contribution in [2.24, 2.45) is 0 Å². The molecule has 3 rings (SSSR count). The molecule has 2 aromatic rings. The van der Waals surface area contributed by atoms with Crippen LogP contribution in [-0.4, -0.2) is 45.3 Å². The van der Waals surface area contributed by atoms with Crippen molar-refractivity contribution in [3.63, 3.8) is 0 Å². The summed E-state index contributed by atoms with van der Waals surface area (Å²) in [5.41, 5.74) is 3.66. The van der Waals surface area contributed by atoms with Crippen molar-refractivity contribution < 1.29 is 9.47 Å². The molecular formula is C21H28N2O2. The highest BCUT2D eigenvalue weighted by molar-refractivity contribution is 5.51. The molecule has 1 atom stereocenters. The van der Waals surface area contributed by atoms with E-state index in [-0.39, 0.29) is 6.04 Å². The molecule has 1 heterocycles. The maximum Gasteiger partial charge on any atom is 0.127 e. The molecule has 0 radical (unpaired) electrons. The van der Waals surface area contributed by atoms with Gasteiger partial charge in [-0.05, 0) is 37.6 Å². The van der Waals surface area contributed by atoms with Crippen molar-refractivity contribution in [3.05, 3.63) is 59.2 Å². The number of nitrogens with one attached hydrogen (secondary N) is 1. The Kier molecular flexibility index (Phi) is 5.95. The Bertz CT molecular complexity index is 672. The van der Waals surface area contributed by atoms with Crippen LogP contribution in [0.5, 0.6) is 11.5 Å². The fourth-order valence-electron chi connectivity index (χ4n) is 3.67. The molecule has 4 heteroatoms. The largest absolute Gasteiger partial charge is 0.496 e. The van der Waals surface area contributed by atoms with Crippen LogP contribution in [0, 0.1) is 6.92 Å². The molecule has 1 aliphatic rings. The summed E-state index contributed by atoms with van der Waals surface area (Å²) < 4.78 is 11.4. The fraction of sp³-hybridized carbons (Fsp3) is 0.429. The zero-order chi connectivity index (χ0) is 17.6. The first kappa shape index (κ1) is 17.8. The third-order valence-electron chi connectivity index (χ3n) is 4.84. The molecule has 1 aliphatic heterocycles. The normalized spacial score (nSPS) is 16.9. The molecule has 4 nitrogen and oxygen atoms in total. The lowest BCUT2D eigenvalue weighted by Crippen LogP contribution is -2.33.